The number of nitrogens with one attached hydrogen (secondary N) is 2. The highest BCUT2D eigenvalue weighted by Gasteiger charge is 2.24. The second-order valence-corrected chi connectivity index (χ2v) is 5.71. The minimum atomic E-state index is 0.571. The van der Waals surface area contributed by atoms with E-state index in [1.165, 1.54) is 29.8 Å². The molecular formula is C15H23N3. The minimum absolute atomic E-state index is 0.571. The SMILES string of the molecule is CC1CN(c2cccc3c2CCCN3)CC(C)N1. The minimum Gasteiger partial charge on any atom is -0.385 e. The summed E-state index contributed by atoms with van der Waals surface area (Å²) in [6.45, 7) is 7.89. The Labute approximate surface area is 110 Å². The molecule has 18 heavy (non-hydrogen) atoms. The molecule has 2 aliphatic heterocycles. The van der Waals surface area contributed by atoms with Crippen molar-refractivity contribution >= 4 is 11.4 Å². The summed E-state index contributed by atoms with van der Waals surface area (Å²) in [5, 5.41) is 7.12. The maximum absolute atomic E-state index is 3.60. The number of piperazine rings is 1. The number of anilines is 2. The molecule has 2 unspecified atom stereocenters. The average Bonchev–Trinajstić information content (AvgIpc) is 2.37. The van der Waals surface area contributed by atoms with Gasteiger partial charge < -0.3 is 15.5 Å². The molecule has 2 N–H and O–H groups in total. The molecule has 0 aromatic heterocycles. The number of fused-ring (bicyclic) bond motifs is 1. The molecule has 3 rings (SSSR count). The Kier molecular flexibility index (Phi) is 3.16. The topological polar surface area (TPSA) is 27.3 Å². The van der Waals surface area contributed by atoms with E-state index in [2.05, 4.69) is 47.6 Å². The first-order valence-corrected chi connectivity index (χ1v) is 7.11. The predicted molar refractivity (Wildman–Crippen MR) is 77.5 cm³/mol. The van der Waals surface area contributed by atoms with Crippen LogP contribution in [-0.4, -0.2) is 31.7 Å². The van der Waals surface area contributed by atoms with Crippen LogP contribution in [0.4, 0.5) is 11.4 Å². The van der Waals surface area contributed by atoms with Gasteiger partial charge in [-0.15, -0.1) is 0 Å². The van der Waals surface area contributed by atoms with Gasteiger partial charge in [0.2, 0.25) is 0 Å². The lowest BCUT2D eigenvalue weighted by Gasteiger charge is -2.39. The second kappa shape index (κ2) is 4.81. The number of rotatable bonds is 1. The van der Waals surface area contributed by atoms with Gasteiger partial charge in [0.05, 0.1) is 0 Å². The van der Waals surface area contributed by atoms with Gasteiger partial charge >= 0.3 is 0 Å². The maximum atomic E-state index is 3.60. The predicted octanol–water partition coefficient (Wildman–Crippen LogP) is 2.23. The second-order valence-electron chi connectivity index (χ2n) is 5.71. The van der Waals surface area contributed by atoms with E-state index >= 15 is 0 Å². The molecule has 2 atom stereocenters. The van der Waals surface area contributed by atoms with E-state index in [1.807, 2.05) is 0 Å². The molecule has 3 nitrogen and oxygen atoms in total. The van der Waals surface area contributed by atoms with Gasteiger partial charge in [0.1, 0.15) is 0 Å². The maximum Gasteiger partial charge on any atom is 0.0420 e. The average molecular weight is 245 g/mol. The van der Waals surface area contributed by atoms with Crippen molar-refractivity contribution in [2.75, 3.05) is 29.9 Å². The zero-order valence-corrected chi connectivity index (χ0v) is 11.4. The summed E-state index contributed by atoms with van der Waals surface area (Å²) >= 11 is 0. The summed E-state index contributed by atoms with van der Waals surface area (Å²) in [4.78, 5) is 2.55. The Morgan fingerprint density at radius 2 is 1.94 bits per heavy atom. The van der Waals surface area contributed by atoms with Crippen molar-refractivity contribution in [3.05, 3.63) is 23.8 Å². The monoisotopic (exact) mass is 245 g/mol. The van der Waals surface area contributed by atoms with Crippen molar-refractivity contribution in [3.8, 4) is 0 Å². The van der Waals surface area contributed by atoms with E-state index in [0.717, 1.165) is 19.6 Å². The summed E-state index contributed by atoms with van der Waals surface area (Å²) in [5.74, 6) is 0. The highest BCUT2D eigenvalue weighted by Crippen LogP contribution is 2.32. The van der Waals surface area contributed by atoms with Gasteiger partial charge in [0.25, 0.3) is 0 Å². The molecule has 0 bridgehead atoms. The zero-order chi connectivity index (χ0) is 12.5. The highest BCUT2D eigenvalue weighted by molar-refractivity contribution is 5.68. The van der Waals surface area contributed by atoms with Crippen LogP contribution in [0.5, 0.6) is 0 Å². The van der Waals surface area contributed by atoms with Crippen molar-refractivity contribution in [1.29, 1.82) is 0 Å². The van der Waals surface area contributed by atoms with Gasteiger partial charge in [-0.1, -0.05) is 6.07 Å². The van der Waals surface area contributed by atoms with Crippen LogP contribution < -0.4 is 15.5 Å². The molecule has 1 fully saturated rings. The molecule has 1 aromatic carbocycles. The van der Waals surface area contributed by atoms with E-state index in [4.69, 9.17) is 0 Å². The van der Waals surface area contributed by atoms with Gasteiger partial charge in [0, 0.05) is 43.1 Å². The lowest BCUT2D eigenvalue weighted by molar-refractivity contribution is 0.406. The van der Waals surface area contributed by atoms with Gasteiger partial charge in [0.15, 0.2) is 0 Å². The van der Waals surface area contributed by atoms with Crippen LogP contribution in [0.15, 0.2) is 18.2 Å². The first-order chi connectivity index (χ1) is 8.74. The van der Waals surface area contributed by atoms with E-state index < -0.39 is 0 Å². The van der Waals surface area contributed by atoms with Crippen LogP contribution in [-0.2, 0) is 6.42 Å². The number of benzene rings is 1. The number of hydrogen-bond acceptors (Lipinski definition) is 3. The molecule has 0 aliphatic carbocycles. The Bertz CT molecular complexity index is 420. The number of nitrogens with zero attached hydrogens (tertiary/aromatic N) is 1. The normalized spacial score (nSPS) is 27.6. The van der Waals surface area contributed by atoms with Crippen molar-refractivity contribution in [3.63, 3.8) is 0 Å². The molecule has 1 aromatic rings. The summed E-state index contributed by atoms with van der Waals surface area (Å²) < 4.78 is 0. The fraction of sp³-hybridized carbons (Fsp3) is 0.600. The van der Waals surface area contributed by atoms with Crippen LogP contribution >= 0.6 is 0 Å². The third kappa shape index (κ3) is 2.19. The van der Waals surface area contributed by atoms with Crippen molar-refractivity contribution < 1.29 is 0 Å². The Balaban J connectivity index is 1.91. The molecule has 0 saturated carbocycles. The molecule has 2 heterocycles. The molecule has 2 aliphatic rings. The van der Waals surface area contributed by atoms with E-state index in [9.17, 15) is 0 Å². The van der Waals surface area contributed by atoms with Crippen LogP contribution in [0.3, 0.4) is 0 Å². The van der Waals surface area contributed by atoms with Crippen LogP contribution in [0, 0.1) is 0 Å². The molecule has 1 saturated heterocycles. The largest absolute Gasteiger partial charge is 0.385 e. The molecule has 3 heteroatoms. The fourth-order valence-electron chi connectivity index (χ4n) is 3.31. The van der Waals surface area contributed by atoms with Gasteiger partial charge in [-0.2, -0.15) is 0 Å². The van der Waals surface area contributed by atoms with E-state index in [-0.39, 0.29) is 0 Å². The Morgan fingerprint density at radius 3 is 2.72 bits per heavy atom. The fourth-order valence-corrected chi connectivity index (χ4v) is 3.31. The Hall–Kier alpha value is -1.22. The summed E-state index contributed by atoms with van der Waals surface area (Å²) in [7, 11) is 0. The van der Waals surface area contributed by atoms with Crippen molar-refractivity contribution in [2.24, 2.45) is 0 Å². The van der Waals surface area contributed by atoms with Gasteiger partial charge in [-0.05, 0) is 44.4 Å². The van der Waals surface area contributed by atoms with Crippen molar-refractivity contribution in [2.45, 2.75) is 38.8 Å². The smallest absolute Gasteiger partial charge is 0.0420 e. The Morgan fingerprint density at radius 1 is 1.17 bits per heavy atom. The third-order valence-corrected chi connectivity index (χ3v) is 3.97. The molecule has 0 radical (unpaired) electrons. The van der Waals surface area contributed by atoms with Crippen LogP contribution in [0.2, 0.25) is 0 Å². The molecule has 0 amide bonds. The van der Waals surface area contributed by atoms with E-state index in [0.29, 0.717) is 12.1 Å². The summed E-state index contributed by atoms with van der Waals surface area (Å²) in [6.07, 6.45) is 2.46. The summed E-state index contributed by atoms with van der Waals surface area (Å²) in [5.41, 5.74) is 4.31. The zero-order valence-electron chi connectivity index (χ0n) is 11.4. The molecule has 0 spiro atoms. The standard InChI is InChI=1S/C15H23N3/c1-11-9-18(10-12(2)17-11)15-7-3-6-14-13(15)5-4-8-16-14/h3,6-7,11-12,16-17H,4-5,8-10H2,1-2H3. The summed E-state index contributed by atoms with van der Waals surface area (Å²) in [6, 6.07) is 7.83. The van der Waals surface area contributed by atoms with Crippen LogP contribution in [0.1, 0.15) is 25.8 Å². The molecule has 98 valence electrons. The van der Waals surface area contributed by atoms with E-state index in [1.54, 1.807) is 0 Å². The number of hydrogen-bond donors (Lipinski definition) is 2. The first kappa shape index (κ1) is 11.8. The van der Waals surface area contributed by atoms with Crippen LogP contribution in [0.25, 0.3) is 0 Å². The molecular weight excluding hydrogens is 222 g/mol. The van der Waals surface area contributed by atoms with Gasteiger partial charge in [-0.25, -0.2) is 0 Å². The van der Waals surface area contributed by atoms with Crippen molar-refractivity contribution in [1.82, 2.24) is 5.32 Å². The lowest BCUT2D eigenvalue weighted by Crippen LogP contribution is -2.54. The van der Waals surface area contributed by atoms with Gasteiger partial charge in [-0.3, -0.25) is 0 Å². The first-order valence-electron chi connectivity index (χ1n) is 7.11. The lowest BCUT2D eigenvalue weighted by atomic mass is 9.99. The quantitative estimate of drug-likeness (QED) is 0.794. The third-order valence-electron chi connectivity index (χ3n) is 3.97. The highest BCUT2D eigenvalue weighted by atomic mass is 15.2.